The van der Waals surface area contributed by atoms with E-state index in [0.717, 1.165) is 89.9 Å². The molecule has 0 heterocycles. The van der Waals surface area contributed by atoms with Crippen molar-refractivity contribution in [1.82, 2.24) is 0 Å². The van der Waals surface area contributed by atoms with E-state index in [4.69, 9.17) is 23.3 Å². The number of carbonyl (C=O) groups excluding carboxylic acids is 3. The van der Waals surface area contributed by atoms with Crippen molar-refractivity contribution in [3.63, 3.8) is 0 Å². The molecule has 0 aliphatic carbocycles. The molecule has 0 aromatic rings. The van der Waals surface area contributed by atoms with Crippen LogP contribution in [0.3, 0.4) is 0 Å². The van der Waals surface area contributed by atoms with E-state index in [2.05, 4.69) is 69.4 Å². The van der Waals surface area contributed by atoms with Crippen LogP contribution in [0.15, 0.2) is 48.6 Å². The highest BCUT2D eigenvalue weighted by Crippen LogP contribution is 2.43. The number of carbonyl (C=O) groups is 3. The number of esters is 3. The Bertz CT molecular complexity index is 1490. The molecule has 0 bridgehead atoms. The molecule has 0 aliphatic rings. The predicted molar refractivity (Wildman–Crippen MR) is 325 cm³/mol. The first kappa shape index (κ1) is 75.4. The van der Waals surface area contributed by atoms with Crippen molar-refractivity contribution < 1.29 is 52.2 Å². The number of phosphoric acid groups is 1. The molecule has 3 unspecified atom stereocenters. The smallest absolute Gasteiger partial charge is 0.462 e. The number of aliphatic hydroxyl groups is 1. The third-order valence-electron chi connectivity index (χ3n) is 14.3. The Kier molecular flexibility index (Phi) is 58.5. The van der Waals surface area contributed by atoms with E-state index in [-0.39, 0.29) is 25.9 Å². The van der Waals surface area contributed by atoms with Crippen LogP contribution in [0.4, 0.5) is 0 Å². The first-order valence-corrected chi connectivity index (χ1v) is 34.0. The van der Waals surface area contributed by atoms with Crippen LogP contribution in [0.5, 0.6) is 0 Å². The molecule has 2 N–H and O–H groups in total. The van der Waals surface area contributed by atoms with Crippen molar-refractivity contribution in [3.05, 3.63) is 48.6 Å². The zero-order valence-corrected chi connectivity index (χ0v) is 51.5. The summed E-state index contributed by atoms with van der Waals surface area (Å²) in [5.41, 5.74) is 0. The molecule has 0 radical (unpaired) electrons. The van der Waals surface area contributed by atoms with E-state index >= 15 is 0 Å². The maximum absolute atomic E-state index is 13.0. The summed E-state index contributed by atoms with van der Waals surface area (Å²) in [7, 11) is -4.75. The molecule has 0 saturated carbocycles. The van der Waals surface area contributed by atoms with Gasteiger partial charge >= 0.3 is 25.7 Å². The maximum Gasteiger partial charge on any atom is 0.472 e. The zero-order valence-electron chi connectivity index (χ0n) is 50.6. The molecule has 78 heavy (non-hydrogen) atoms. The van der Waals surface area contributed by atoms with E-state index in [1.165, 1.54) is 167 Å². The topological polar surface area (TPSA) is 155 Å². The molecular weight excluding hydrogens is 1000 g/mol. The molecule has 0 saturated heterocycles. The second kappa shape index (κ2) is 60.5. The third kappa shape index (κ3) is 58.1. The first-order chi connectivity index (χ1) is 38.2. The second-order valence-electron chi connectivity index (χ2n) is 21.9. The lowest BCUT2D eigenvalue weighted by atomic mass is 10.0. The van der Waals surface area contributed by atoms with Crippen LogP contribution in [0.25, 0.3) is 0 Å². The summed E-state index contributed by atoms with van der Waals surface area (Å²) in [4.78, 5) is 48.7. The molecule has 12 heteroatoms. The Morgan fingerprint density at radius 2 is 0.667 bits per heavy atom. The highest BCUT2D eigenvalue weighted by atomic mass is 31.2. The van der Waals surface area contributed by atoms with E-state index in [9.17, 15) is 28.9 Å². The van der Waals surface area contributed by atoms with Gasteiger partial charge in [-0.1, -0.05) is 288 Å². The van der Waals surface area contributed by atoms with Gasteiger partial charge < -0.3 is 24.2 Å². The molecule has 0 spiro atoms. The Morgan fingerprint density at radius 3 is 1.03 bits per heavy atom. The molecule has 0 fully saturated rings. The summed E-state index contributed by atoms with van der Waals surface area (Å²) in [6.07, 6.45) is 66.3. The maximum atomic E-state index is 13.0. The number of unbranched alkanes of at least 4 members (excludes halogenated alkanes) is 36. The Balaban J connectivity index is 4.69. The summed E-state index contributed by atoms with van der Waals surface area (Å²) in [6.45, 7) is 4.58. The molecular formula is C66H121O11P. The number of rotatable bonds is 61. The number of hydrogen-bond acceptors (Lipinski definition) is 10. The average Bonchev–Trinajstić information content (AvgIpc) is 3.43. The van der Waals surface area contributed by atoms with Crippen molar-refractivity contribution in [2.45, 2.75) is 328 Å². The number of ether oxygens (including phenoxy) is 3. The minimum atomic E-state index is -4.75. The lowest BCUT2D eigenvalue weighted by Gasteiger charge is -2.21. The molecule has 3 atom stereocenters. The highest BCUT2D eigenvalue weighted by molar-refractivity contribution is 7.47. The zero-order chi connectivity index (χ0) is 56.9. The Hall–Kier alpha value is -2.56. The van der Waals surface area contributed by atoms with Crippen LogP contribution in [0, 0.1) is 0 Å². The number of phosphoric ester groups is 1. The van der Waals surface area contributed by atoms with Gasteiger partial charge in [0.2, 0.25) is 0 Å². The van der Waals surface area contributed by atoms with Crippen LogP contribution < -0.4 is 0 Å². The number of allylic oxidation sites excluding steroid dienone is 8. The fraction of sp³-hybridized carbons (Fsp3) is 0.833. The SMILES string of the molecule is CC/C=C\C/C=C\C/C=C\C/C=C\CCCCCCC(=O)OCC(COP(=O)(O)OCC(CO)OC(=O)CCCCCCCCCCCCCCCCC)OC(=O)CCCCCCCCCCCCCCCCCCCCC. The standard InChI is InChI=1S/C66H121O11P/c1-4-7-10-13-16-19-22-25-28-30-31-33-36-39-42-45-48-51-54-57-66(70)77-63(59-73-64(68)55-52-49-46-43-40-37-35-32-29-26-23-20-17-14-11-8-5-2)61-75-78(71,72)74-60-62(58-67)76-65(69)56-53-50-47-44-41-38-34-27-24-21-18-15-12-9-6-3/h8,11,17,20,26,29,35,37,62-63,67H,4-7,9-10,12-16,18-19,21-25,27-28,30-34,36,38-61H2,1-3H3,(H,71,72)/b11-8-,20-17-,29-26-,37-35-. The van der Waals surface area contributed by atoms with Gasteiger partial charge in [-0.25, -0.2) is 4.57 Å². The molecule has 456 valence electrons. The van der Waals surface area contributed by atoms with Gasteiger partial charge in [0.1, 0.15) is 12.7 Å². The van der Waals surface area contributed by atoms with E-state index in [1.54, 1.807) is 0 Å². The summed E-state index contributed by atoms with van der Waals surface area (Å²) in [5.74, 6) is -1.47. The Labute approximate surface area is 479 Å². The summed E-state index contributed by atoms with van der Waals surface area (Å²) < 4.78 is 39.7. The minimum Gasteiger partial charge on any atom is -0.462 e. The Morgan fingerprint density at radius 1 is 0.372 bits per heavy atom. The number of hydrogen-bond donors (Lipinski definition) is 2. The van der Waals surface area contributed by atoms with Crippen LogP contribution in [0.1, 0.15) is 316 Å². The fourth-order valence-corrected chi connectivity index (χ4v) is 10.1. The van der Waals surface area contributed by atoms with Gasteiger partial charge in [0, 0.05) is 19.3 Å². The van der Waals surface area contributed by atoms with Gasteiger partial charge in [-0.2, -0.15) is 0 Å². The van der Waals surface area contributed by atoms with Crippen LogP contribution in [-0.4, -0.2) is 66.5 Å². The van der Waals surface area contributed by atoms with E-state index < -0.39 is 57.8 Å². The van der Waals surface area contributed by atoms with Gasteiger partial charge in [0.15, 0.2) is 6.10 Å². The summed E-state index contributed by atoms with van der Waals surface area (Å²) in [6, 6.07) is 0. The summed E-state index contributed by atoms with van der Waals surface area (Å²) >= 11 is 0. The molecule has 0 aromatic carbocycles. The highest BCUT2D eigenvalue weighted by Gasteiger charge is 2.28. The summed E-state index contributed by atoms with van der Waals surface area (Å²) in [5, 5.41) is 9.85. The quantitative estimate of drug-likeness (QED) is 0.0197. The first-order valence-electron chi connectivity index (χ1n) is 32.5. The lowest BCUT2D eigenvalue weighted by molar-refractivity contribution is -0.161. The van der Waals surface area contributed by atoms with Gasteiger partial charge in [-0.15, -0.1) is 0 Å². The van der Waals surface area contributed by atoms with Crippen molar-refractivity contribution in [2.24, 2.45) is 0 Å². The van der Waals surface area contributed by atoms with Crippen molar-refractivity contribution >= 4 is 25.7 Å². The van der Waals surface area contributed by atoms with Crippen molar-refractivity contribution in [2.75, 3.05) is 26.4 Å². The molecule has 0 amide bonds. The van der Waals surface area contributed by atoms with Gasteiger partial charge in [-0.05, 0) is 57.8 Å². The molecule has 0 aliphatic heterocycles. The normalized spacial score (nSPS) is 13.6. The monoisotopic (exact) mass is 1120 g/mol. The van der Waals surface area contributed by atoms with E-state index in [0.29, 0.717) is 19.3 Å². The van der Waals surface area contributed by atoms with Crippen molar-refractivity contribution in [1.29, 1.82) is 0 Å². The third-order valence-corrected chi connectivity index (χ3v) is 15.2. The van der Waals surface area contributed by atoms with Gasteiger partial charge in [0.05, 0.1) is 19.8 Å². The molecule has 11 nitrogen and oxygen atoms in total. The predicted octanol–water partition coefficient (Wildman–Crippen LogP) is 19.7. The second-order valence-corrected chi connectivity index (χ2v) is 23.4. The van der Waals surface area contributed by atoms with Gasteiger partial charge in [0.25, 0.3) is 0 Å². The van der Waals surface area contributed by atoms with E-state index in [1.807, 2.05) is 0 Å². The average molecular weight is 1120 g/mol. The lowest BCUT2D eigenvalue weighted by Crippen LogP contribution is -2.30. The van der Waals surface area contributed by atoms with Gasteiger partial charge in [-0.3, -0.25) is 23.4 Å². The number of aliphatic hydroxyl groups excluding tert-OH is 1. The molecule has 0 aromatic heterocycles. The fourth-order valence-electron chi connectivity index (χ4n) is 9.35. The minimum absolute atomic E-state index is 0.167. The van der Waals surface area contributed by atoms with Crippen LogP contribution in [0.2, 0.25) is 0 Å². The largest absolute Gasteiger partial charge is 0.472 e. The molecule has 0 rings (SSSR count). The van der Waals surface area contributed by atoms with Crippen molar-refractivity contribution in [3.8, 4) is 0 Å². The van der Waals surface area contributed by atoms with Crippen LogP contribution >= 0.6 is 7.82 Å². The van der Waals surface area contributed by atoms with Crippen LogP contribution in [-0.2, 0) is 42.2 Å².